The summed E-state index contributed by atoms with van der Waals surface area (Å²) in [4.78, 5) is 0. The molecule has 0 heterocycles. The van der Waals surface area contributed by atoms with Crippen LogP contribution in [-0.4, -0.2) is 15.4 Å². The number of phenols is 2. The molecular formula is C24H35O3P. The Morgan fingerprint density at radius 3 is 1.21 bits per heavy atom. The van der Waals surface area contributed by atoms with Gasteiger partial charge in [-0.3, -0.25) is 0 Å². The van der Waals surface area contributed by atoms with Gasteiger partial charge in [-0.1, -0.05) is 86.6 Å². The van der Waals surface area contributed by atoms with Crippen LogP contribution in [-0.2, 0) is 15.4 Å². The summed E-state index contributed by atoms with van der Waals surface area (Å²) in [5.74, 6) is 0.127. The molecule has 0 bridgehead atoms. The minimum absolute atomic E-state index is 0.0637. The Morgan fingerprint density at radius 1 is 0.643 bits per heavy atom. The first-order valence-electron chi connectivity index (χ1n) is 9.79. The van der Waals surface area contributed by atoms with Crippen LogP contribution >= 0.6 is 7.14 Å². The highest BCUT2D eigenvalue weighted by Crippen LogP contribution is 2.59. The van der Waals surface area contributed by atoms with Crippen molar-refractivity contribution in [2.45, 2.75) is 78.3 Å². The number of aromatic hydroxyl groups is 2. The Hall–Kier alpha value is -1.73. The summed E-state index contributed by atoms with van der Waals surface area (Å²) in [6.07, 6.45) is 0. The summed E-state index contributed by atoms with van der Waals surface area (Å²) >= 11 is 0. The zero-order valence-electron chi connectivity index (χ0n) is 18.7. The molecule has 3 nitrogen and oxygen atoms in total. The average Bonchev–Trinajstić information content (AvgIpc) is 2.51. The second-order valence-electron chi connectivity index (χ2n) is 10.6. The molecule has 0 aliphatic carbocycles. The first-order chi connectivity index (χ1) is 12.5. The first-order valence-corrected chi connectivity index (χ1v) is 11.5. The van der Waals surface area contributed by atoms with E-state index in [4.69, 9.17) is 0 Å². The third-order valence-electron chi connectivity index (χ3n) is 5.27. The van der Waals surface area contributed by atoms with Crippen LogP contribution < -0.4 is 10.6 Å². The van der Waals surface area contributed by atoms with Crippen LogP contribution in [0.2, 0.25) is 0 Å². The summed E-state index contributed by atoms with van der Waals surface area (Å²) in [5.41, 5.74) is 0.915. The van der Waals surface area contributed by atoms with Crippen molar-refractivity contribution < 1.29 is 14.8 Å². The van der Waals surface area contributed by atoms with E-state index in [1.165, 1.54) is 0 Å². The smallest absolute Gasteiger partial charge is 0.155 e. The molecule has 0 aromatic heterocycles. The largest absolute Gasteiger partial charge is 0.507 e. The maximum absolute atomic E-state index is 14.7. The fourth-order valence-electron chi connectivity index (χ4n) is 3.63. The third kappa shape index (κ3) is 3.74. The van der Waals surface area contributed by atoms with Gasteiger partial charge in [-0.05, 0) is 23.0 Å². The monoisotopic (exact) mass is 402 g/mol. The van der Waals surface area contributed by atoms with Crippen LogP contribution in [0.15, 0.2) is 36.4 Å². The fraction of sp³-hybridized carbons (Fsp3) is 0.500. The molecule has 0 spiro atoms. The van der Waals surface area contributed by atoms with Crippen molar-refractivity contribution in [2.75, 3.05) is 0 Å². The summed E-state index contributed by atoms with van der Waals surface area (Å²) in [7, 11) is -3.38. The number of rotatable bonds is 2. The maximum Gasteiger partial charge on any atom is 0.155 e. The van der Waals surface area contributed by atoms with E-state index in [1.807, 2.05) is 86.6 Å². The van der Waals surface area contributed by atoms with Gasteiger partial charge in [-0.15, -0.1) is 0 Å². The van der Waals surface area contributed by atoms with E-state index in [0.717, 1.165) is 11.1 Å². The van der Waals surface area contributed by atoms with Crippen LogP contribution in [0, 0.1) is 0 Å². The standard InChI is InChI=1S/C24H35O3P/c1-22(2,3)16-12-10-14-18(20(16)25)28(27,24(7,8)9)19-15-11-13-17(21(19)26)23(4,5)6/h10-15,25-26H,1-9H3. The van der Waals surface area contributed by atoms with Crippen molar-refractivity contribution in [3.8, 4) is 11.5 Å². The molecule has 0 saturated heterocycles. The van der Waals surface area contributed by atoms with Gasteiger partial charge in [0.1, 0.15) is 11.5 Å². The van der Waals surface area contributed by atoms with Crippen molar-refractivity contribution in [1.29, 1.82) is 0 Å². The molecule has 0 fully saturated rings. The van der Waals surface area contributed by atoms with Gasteiger partial charge >= 0.3 is 0 Å². The molecule has 2 aromatic carbocycles. The van der Waals surface area contributed by atoms with E-state index in [9.17, 15) is 14.8 Å². The molecule has 0 amide bonds. The normalized spacial score (nSPS) is 13.6. The molecule has 2 N–H and O–H groups in total. The van der Waals surface area contributed by atoms with Crippen LogP contribution in [0.1, 0.15) is 73.4 Å². The molecule has 28 heavy (non-hydrogen) atoms. The Labute approximate surface area is 170 Å². The molecule has 0 radical (unpaired) electrons. The number of hydrogen-bond donors (Lipinski definition) is 2. The van der Waals surface area contributed by atoms with Crippen molar-refractivity contribution in [3.05, 3.63) is 47.5 Å². The Morgan fingerprint density at radius 2 is 0.964 bits per heavy atom. The minimum Gasteiger partial charge on any atom is -0.507 e. The summed E-state index contributed by atoms with van der Waals surface area (Å²) in [6.45, 7) is 17.8. The highest BCUT2D eigenvalue weighted by atomic mass is 31.2. The van der Waals surface area contributed by atoms with Gasteiger partial charge in [0, 0.05) is 16.3 Å². The fourth-order valence-corrected chi connectivity index (χ4v) is 6.77. The zero-order chi connectivity index (χ0) is 21.7. The van der Waals surface area contributed by atoms with Crippen molar-refractivity contribution >= 4 is 17.8 Å². The van der Waals surface area contributed by atoms with Crippen LogP contribution in [0.3, 0.4) is 0 Å². The van der Waals surface area contributed by atoms with Gasteiger partial charge < -0.3 is 14.8 Å². The predicted molar refractivity (Wildman–Crippen MR) is 120 cm³/mol. The molecule has 0 atom stereocenters. The molecule has 4 heteroatoms. The highest BCUT2D eigenvalue weighted by Gasteiger charge is 2.45. The highest BCUT2D eigenvalue weighted by molar-refractivity contribution is 7.80. The van der Waals surface area contributed by atoms with E-state index < -0.39 is 12.3 Å². The zero-order valence-corrected chi connectivity index (χ0v) is 19.6. The topological polar surface area (TPSA) is 57.5 Å². The maximum atomic E-state index is 14.7. The second kappa shape index (κ2) is 6.95. The Kier molecular flexibility index (Phi) is 5.60. The molecule has 0 aliphatic rings. The lowest BCUT2D eigenvalue weighted by atomic mass is 9.86. The van der Waals surface area contributed by atoms with Gasteiger partial charge in [-0.2, -0.15) is 0 Å². The molecule has 0 saturated carbocycles. The molecule has 0 aliphatic heterocycles. The van der Waals surface area contributed by atoms with Crippen LogP contribution in [0.5, 0.6) is 11.5 Å². The first kappa shape index (κ1) is 22.6. The SMILES string of the molecule is CC(C)(C)c1cccc(P(=O)(c2cccc(C(C)(C)C)c2O)C(C)(C)C)c1O. The number of phenolic OH excluding ortho intramolecular Hbond substituents is 2. The lowest BCUT2D eigenvalue weighted by molar-refractivity contribution is 0.448. The molecule has 154 valence electrons. The predicted octanol–water partition coefficient (Wildman–Crippen LogP) is 5.81. The van der Waals surface area contributed by atoms with Gasteiger partial charge in [0.05, 0.1) is 10.6 Å². The van der Waals surface area contributed by atoms with Crippen LogP contribution in [0.25, 0.3) is 0 Å². The average molecular weight is 403 g/mol. The molecule has 2 rings (SSSR count). The van der Waals surface area contributed by atoms with E-state index in [2.05, 4.69) is 0 Å². The lowest BCUT2D eigenvalue weighted by Crippen LogP contribution is -2.32. The van der Waals surface area contributed by atoms with Gasteiger partial charge in [-0.25, -0.2) is 0 Å². The van der Waals surface area contributed by atoms with E-state index >= 15 is 0 Å². The van der Waals surface area contributed by atoms with Gasteiger partial charge in [0.25, 0.3) is 0 Å². The summed E-state index contributed by atoms with van der Waals surface area (Å²) < 4.78 is 14.7. The third-order valence-corrected chi connectivity index (χ3v) is 9.24. The molecule has 2 aromatic rings. The lowest BCUT2D eigenvalue weighted by Gasteiger charge is -2.35. The van der Waals surface area contributed by atoms with Crippen LogP contribution in [0.4, 0.5) is 0 Å². The van der Waals surface area contributed by atoms with E-state index in [0.29, 0.717) is 10.6 Å². The van der Waals surface area contributed by atoms with Gasteiger partial charge in [0.2, 0.25) is 0 Å². The van der Waals surface area contributed by atoms with Crippen molar-refractivity contribution in [3.63, 3.8) is 0 Å². The van der Waals surface area contributed by atoms with Crippen molar-refractivity contribution in [1.82, 2.24) is 0 Å². The summed E-state index contributed by atoms with van der Waals surface area (Å²) in [6, 6.07) is 10.9. The molecular weight excluding hydrogens is 367 g/mol. The number of benzene rings is 2. The number of para-hydroxylation sites is 2. The Balaban J connectivity index is 2.94. The summed E-state index contributed by atoms with van der Waals surface area (Å²) in [5, 5.41) is 22.4. The van der Waals surface area contributed by atoms with E-state index in [1.54, 1.807) is 12.1 Å². The molecule has 0 unspecified atom stereocenters. The minimum atomic E-state index is -3.38. The quantitative estimate of drug-likeness (QED) is 0.624. The van der Waals surface area contributed by atoms with Crippen molar-refractivity contribution in [2.24, 2.45) is 0 Å². The van der Waals surface area contributed by atoms with Gasteiger partial charge in [0.15, 0.2) is 7.14 Å². The van der Waals surface area contributed by atoms with E-state index in [-0.39, 0.29) is 22.3 Å². The Bertz CT molecular complexity index is 855. The second-order valence-corrected chi connectivity index (χ2v) is 14.2. The number of hydrogen-bond acceptors (Lipinski definition) is 3.